The van der Waals surface area contributed by atoms with E-state index in [0.717, 1.165) is 32.1 Å². The van der Waals surface area contributed by atoms with Gasteiger partial charge in [-0.3, -0.25) is 14.4 Å². The second-order valence-electron chi connectivity index (χ2n) is 10.2. The Balaban J connectivity index is 2.84. The van der Waals surface area contributed by atoms with Crippen LogP contribution in [-0.2, 0) is 35.0 Å². The number of carbonyl (C=O) groups excluding carboxylic acids is 4. The normalized spacial score (nSPS) is 13.9. The molecule has 1 aromatic rings. The Labute approximate surface area is 238 Å². The topological polar surface area (TPSA) is 140 Å². The number of ether oxygens (including phenoxy) is 5. The first kappa shape index (κ1) is 34.9. The number of nitrogens with two attached hydrogens (primary N) is 1. The van der Waals surface area contributed by atoms with Gasteiger partial charge in [0.1, 0.15) is 18.8 Å². The molecule has 4 atom stereocenters. The number of carbonyl (C=O) groups is 4. The second kappa shape index (κ2) is 19.0. The minimum absolute atomic E-state index is 0.0708. The highest BCUT2D eigenvalue weighted by molar-refractivity contribution is 5.79. The largest absolute Gasteiger partial charge is 0.508 e. The summed E-state index contributed by atoms with van der Waals surface area (Å²) in [7, 11) is 0. The number of hydrogen-bond acceptors (Lipinski definition) is 10. The van der Waals surface area contributed by atoms with Crippen LogP contribution in [0.25, 0.3) is 0 Å². The highest BCUT2D eigenvalue weighted by Crippen LogP contribution is 2.31. The third-order valence-electron chi connectivity index (χ3n) is 6.16. The van der Waals surface area contributed by atoms with Crippen LogP contribution in [0, 0.1) is 11.8 Å². The molecule has 0 heterocycles. The summed E-state index contributed by atoms with van der Waals surface area (Å²) in [5.74, 6) is -2.00. The maximum atomic E-state index is 12.6. The molecule has 2 unspecified atom stereocenters. The molecule has 0 aliphatic rings. The van der Waals surface area contributed by atoms with Crippen molar-refractivity contribution in [2.24, 2.45) is 17.6 Å². The number of unbranched alkanes of at least 4 members (excludes halogenated alkanes) is 2. The van der Waals surface area contributed by atoms with E-state index in [9.17, 15) is 19.2 Å². The second-order valence-corrected chi connectivity index (χ2v) is 10.2. The van der Waals surface area contributed by atoms with E-state index >= 15 is 0 Å². The summed E-state index contributed by atoms with van der Waals surface area (Å²) in [4.78, 5) is 49.3. The van der Waals surface area contributed by atoms with E-state index < -0.39 is 36.2 Å². The van der Waals surface area contributed by atoms with Crippen molar-refractivity contribution < 1.29 is 42.9 Å². The first-order valence-corrected chi connectivity index (χ1v) is 14.3. The van der Waals surface area contributed by atoms with Gasteiger partial charge in [-0.25, -0.2) is 4.79 Å². The molecule has 0 aliphatic carbocycles. The molecule has 0 saturated heterocycles. The summed E-state index contributed by atoms with van der Waals surface area (Å²) in [5.41, 5.74) is 6.66. The van der Waals surface area contributed by atoms with Gasteiger partial charge < -0.3 is 29.4 Å². The molecule has 0 aromatic heterocycles. The summed E-state index contributed by atoms with van der Waals surface area (Å²) in [6.07, 6.45) is 4.19. The predicted octanol–water partition coefficient (Wildman–Crippen LogP) is 5.51. The minimum Gasteiger partial charge on any atom is -0.458 e. The predicted molar refractivity (Wildman–Crippen MR) is 150 cm³/mol. The van der Waals surface area contributed by atoms with Gasteiger partial charge in [-0.15, -0.1) is 0 Å². The minimum atomic E-state index is -1.04. The third kappa shape index (κ3) is 13.3. The lowest BCUT2D eigenvalue weighted by atomic mass is 10.0. The molecule has 2 N–H and O–H groups in total. The number of rotatable bonds is 18. The molecule has 0 spiro atoms. The molecule has 1 aromatic carbocycles. The molecule has 10 nitrogen and oxygen atoms in total. The number of benzene rings is 1. The lowest BCUT2D eigenvalue weighted by Gasteiger charge is -2.18. The SMILES string of the molecule is CCCCCOC(=O)OC[C@H](C)OC(=O)[C@@H](N)Cc1ccc(OC(=O)C(C)CCC)c(OC(=O)C(C)CCC)c1. The molecule has 0 amide bonds. The Morgan fingerprint density at radius 3 is 1.95 bits per heavy atom. The Hall–Kier alpha value is -3.14. The van der Waals surface area contributed by atoms with Gasteiger partial charge in [0.2, 0.25) is 0 Å². The van der Waals surface area contributed by atoms with Crippen molar-refractivity contribution >= 4 is 24.1 Å². The van der Waals surface area contributed by atoms with E-state index in [1.54, 1.807) is 26.8 Å². The van der Waals surface area contributed by atoms with E-state index in [0.29, 0.717) is 18.4 Å². The van der Waals surface area contributed by atoms with Gasteiger partial charge in [0.15, 0.2) is 11.5 Å². The third-order valence-corrected chi connectivity index (χ3v) is 6.16. The average molecular weight is 566 g/mol. The van der Waals surface area contributed by atoms with E-state index in [4.69, 9.17) is 29.4 Å². The van der Waals surface area contributed by atoms with Crippen molar-refractivity contribution in [1.82, 2.24) is 0 Å². The Morgan fingerprint density at radius 1 is 0.775 bits per heavy atom. The zero-order valence-corrected chi connectivity index (χ0v) is 24.9. The van der Waals surface area contributed by atoms with Gasteiger partial charge >= 0.3 is 24.1 Å². The van der Waals surface area contributed by atoms with Crippen molar-refractivity contribution in [1.29, 1.82) is 0 Å². The van der Waals surface area contributed by atoms with Crippen molar-refractivity contribution in [3.63, 3.8) is 0 Å². The van der Waals surface area contributed by atoms with E-state index in [2.05, 4.69) is 0 Å². The highest BCUT2D eigenvalue weighted by Gasteiger charge is 2.23. The maximum Gasteiger partial charge on any atom is 0.508 e. The zero-order valence-electron chi connectivity index (χ0n) is 24.9. The van der Waals surface area contributed by atoms with Crippen molar-refractivity contribution in [2.45, 2.75) is 105 Å². The monoisotopic (exact) mass is 565 g/mol. The van der Waals surface area contributed by atoms with Crippen molar-refractivity contribution in [3.05, 3.63) is 23.8 Å². The molecule has 40 heavy (non-hydrogen) atoms. The van der Waals surface area contributed by atoms with Crippen LogP contribution in [0.2, 0.25) is 0 Å². The van der Waals surface area contributed by atoms with Crippen molar-refractivity contribution in [3.8, 4) is 11.5 Å². The van der Waals surface area contributed by atoms with Crippen LogP contribution in [-0.4, -0.2) is 49.4 Å². The van der Waals surface area contributed by atoms with Crippen LogP contribution in [0.15, 0.2) is 18.2 Å². The molecule has 0 aliphatic heterocycles. The Morgan fingerprint density at radius 2 is 1.38 bits per heavy atom. The van der Waals surface area contributed by atoms with Crippen LogP contribution in [0.1, 0.15) is 92.1 Å². The highest BCUT2D eigenvalue weighted by atomic mass is 16.7. The van der Waals surface area contributed by atoms with Crippen LogP contribution in [0.5, 0.6) is 11.5 Å². The Bertz CT molecular complexity index is 949. The standard InChI is InChI=1S/C30H47NO9/c1-7-10-11-16-36-30(35)37-19-22(6)38-29(34)24(31)17-23-14-15-25(39-27(32)20(4)12-8-2)26(18-23)40-28(33)21(5)13-9-3/h14-15,18,20-22,24H,7-13,16-17,19,31H2,1-6H3/t20?,21?,22-,24-/m0/s1. The lowest BCUT2D eigenvalue weighted by Crippen LogP contribution is -2.37. The number of hydrogen-bond donors (Lipinski definition) is 1. The van der Waals surface area contributed by atoms with Crippen molar-refractivity contribution in [2.75, 3.05) is 13.2 Å². The molecule has 1 rings (SSSR count). The smallest absolute Gasteiger partial charge is 0.458 e. The lowest BCUT2D eigenvalue weighted by molar-refractivity contribution is -0.152. The number of esters is 3. The molecule has 0 saturated carbocycles. The van der Waals surface area contributed by atoms with Crippen LogP contribution < -0.4 is 15.2 Å². The summed E-state index contributed by atoms with van der Waals surface area (Å²) >= 11 is 0. The summed E-state index contributed by atoms with van der Waals surface area (Å²) in [6.45, 7) is 11.2. The molecule has 226 valence electrons. The maximum absolute atomic E-state index is 12.6. The van der Waals surface area contributed by atoms with E-state index in [1.165, 1.54) is 12.1 Å². The quantitative estimate of drug-likeness (QED) is 0.137. The van der Waals surface area contributed by atoms with E-state index in [1.807, 2.05) is 20.8 Å². The van der Waals surface area contributed by atoms with Gasteiger partial charge in [-0.2, -0.15) is 0 Å². The van der Waals surface area contributed by atoms with Gasteiger partial charge in [0, 0.05) is 0 Å². The molecular formula is C30H47NO9. The average Bonchev–Trinajstić information content (AvgIpc) is 2.91. The fraction of sp³-hybridized carbons (Fsp3) is 0.667. The molecule has 10 heteroatoms. The first-order chi connectivity index (χ1) is 19.0. The molecule has 0 radical (unpaired) electrons. The molecule has 0 bridgehead atoms. The van der Waals surface area contributed by atoms with Gasteiger partial charge in [-0.1, -0.05) is 66.4 Å². The Kier molecular flexibility index (Phi) is 16.6. The zero-order chi connectivity index (χ0) is 30.1. The summed E-state index contributed by atoms with van der Waals surface area (Å²) in [6, 6.07) is 3.68. The van der Waals surface area contributed by atoms with Crippen LogP contribution in [0.4, 0.5) is 4.79 Å². The molecular weight excluding hydrogens is 518 g/mol. The molecule has 0 fully saturated rings. The van der Waals surface area contributed by atoms with Crippen LogP contribution >= 0.6 is 0 Å². The first-order valence-electron chi connectivity index (χ1n) is 14.3. The van der Waals surface area contributed by atoms with Crippen LogP contribution in [0.3, 0.4) is 0 Å². The fourth-order valence-corrected chi connectivity index (χ4v) is 3.75. The fourth-order valence-electron chi connectivity index (χ4n) is 3.75. The van der Waals surface area contributed by atoms with E-state index in [-0.39, 0.29) is 43.0 Å². The van der Waals surface area contributed by atoms with Gasteiger partial charge in [0.05, 0.1) is 18.4 Å². The summed E-state index contributed by atoms with van der Waals surface area (Å²) < 4.78 is 26.4. The summed E-state index contributed by atoms with van der Waals surface area (Å²) in [5, 5.41) is 0. The van der Waals surface area contributed by atoms with Gasteiger partial charge in [0.25, 0.3) is 0 Å². The van der Waals surface area contributed by atoms with Gasteiger partial charge in [-0.05, 0) is 50.3 Å².